The molecule has 1 heteroatoms. The van der Waals surface area contributed by atoms with Gasteiger partial charge in [-0.1, -0.05) is 26.2 Å². The van der Waals surface area contributed by atoms with Crippen LogP contribution in [0.25, 0.3) is 0 Å². The van der Waals surface area contributed by atoms with E-state index >= 15 is 0 Å². The van der Waals surface area contributed by atoms with Crippen molar-refractivity contribution in [3.8, 4) is 0 Å². The summed E-state index contributed by atoms with van der Waals surface area (Å²) in [6, 6.07) is 0. The van der Waals surface area contributed by atoms with E-state index < -0.39 is 0 Å². The molecule has 0 saturated carbocycles. The minimum atomic E-state index is 0.586. The van der Waals surface area contributed by atoms with Crippen molar-refractivity contribution in [2.45, 2.75) is 39.0 Å². The quantitative estimate of drug-likeness (QED) is 0.424. The highest BCUT2D eigenvalue weighted by Gasteiger charge is 2.14. The first-order chi connectivity index (χ1) is 4.93. The van der Waals surface area contributed by atoms with Crippen LogP contribution in [0.15, 0.2) is 0 Å². The topological polar surface area (TPSA) is 0 Å². The van der Waals surface area contributed by atoms with Gasteiger partial charge in [-0.3, -0.25) is 0 Å². The molecule has 0 atom stereocenters. The van der Waals surface area contributed by atoms with Gasteiger partial charge in [-0.25, -0.2) is 0 Å². The Labute approximate surface area is 66.2 Å². The van der Waals surface area contributed by atoms with Crippen molar-refractivity contribution >= 4 is 7.92 Å². The van der Waals surface area contributed by atoms with Gasteiger partial charge in [-0.15, -0.1) is 7.92 Å². The fourth-order valence-electron chi connectivity index (χ4n) is 1.37. The molecule has 1 aliphatic rings. The summed E-state index contributed by atoms with van der Waals surface area (Å²) in [5, 5.41) is 0. The summed E-state index contributed by atoms with van der Waals surface area (Å²) >= 11 is 0. The molecule has 0 aromatic carbocycles. The zero-order valence-electron chi connectivity index (χ0n) is 7.10. The summed E-state index contributed by atoms with van der Waals surface area (Å²) in [5.41, 5.74) is 0. The van der Waals surface area contributed by atoms with E-state index in [9.17, 15) is 0 Å². The maximum Gasteiger partial charge on any atom is -0.0323 e. The fraction of sp³-hybridized carbons (Fsp3) is 1.00. The molecule has 0 bridgehead atoms. The average molecular weight is 158 g/mol. The van der Waals surface area contributed by atoms with E-state index in [1.54, 1.807) is 24.9 Å². The van der Waals surface area contributed by atoms with Crippen LogP contribution in [-0.2, 0) is 0 Å². The van der Waals surface area contributed by atoms with Gasteiger partial charge in [0.05, 0.1) is 0 Å². The second-order valence-electron chi connectivity index (χ2n) is 3.26. The summed E-state index contributed by atoms with van der Waals surface area (Å²) < 4.78 is 0. The monoisotopic (exact) mass is 158 g/mol. The highest BCUT2D eigenvalue weighted by atomic mass is 31.1. The molecule has 1 rings (SSSR count). The number of hydrogen-bond acceptors (Lipinski definition) is 0. The van der Waals surface area contributed by atoms with Gasteiger partial charge in [0, 0.05) is 0 Å². The lowest BCUT2D eigenvalue weighted by atomic mass is 10.2. The van der Waals surface area contributed by atoms with Gasteiger partial charge in [-0.2, -0.15) is 0 Å². The molecule has 0 aromatic rings. The zero-order chi connectivity index (χ0) is 7.23. The average Bonchev–Trinajstić information content (AvgIpc) is 1.84. The van der Waals surface area contributed by atoms with Crippen molar-refractivity contribution < 1.29 is 0 Å². The van der Waals surface area contributed by atoms with Gasteiger partial charge >= 0.3 is 0 Å². The largest absolute Gasteiger partial charge is 0.107 e. The summed E-state index contributed by atoms with van der Waals surface area (Å²) in [7, 11) is 0.586. The Morgan fingerprint density at radius 1 is 1.10 bits per heavy atom. The third kappa shape index (κ3) is 3.01. The van der Waals surface area contributed by atoms with Gasteiger partial charge in [-0.05, 0) is 31.3 Å². The van der Waals surface area contributed by atoms with Gasteiger partial charge in [0.25, 0.3) is 0 Å². The van der Waals surface area contributed by atoms with E-state index in [1.165, 1.54) is 25.7 Å². The zero-order valence-corrected chi connectivity index (χ0v) is 8.00. The van der Waals surface area contributed by atoms with E-state index in [-0.39, 0.29) is 0 Å². The van der Waals surface area contributed by atoms with Crippen molar-refractivity contribution in [1.29, 1.82) is 0 Å². The van der Waals surface area contributed by atoms with E-state index in [2.05, 4.69) is 6.92 Å². The van der Waals surface area contributed by atoms with Crippen LogP contribution >= 0.6 is 7.92 Å². The lowest BCUT2D eigenvalue weighted by Crippen LogP contribution is -2.06. The first kappa shape index (κ1) is 8.53. The Hall–Kier alpha value is 0.430. The second kappa shape index (κ2) is 5.13. The Kier molecular flexibility index (Phi) is 4.37. The SMILES string of the molecule is CCCCCCP1CCC1. The first-order valence-electron chi connectivity index (χ1n) is 4.66. The lowest BCUT2D eigenvalue weighted by Gasteiger charge is -2.25. The predicted molar refractivity (Wildman–Crippen MR) is 50.3 cm³/mol. The van der Waals surface area contributed by atoms with Gasteiger partial charge in [0.1, 0.15) is 0 Å². The molecule has 1 fully saturated rings. The van der Waals surface area contributed by atoms with Crippen LogP contribution < -0.4 is 0 Å². The normalized spacial score (nSPS) is 18.9. The molecule has 1 aliphatic heterocycles. The Bertz CT molecular complexity index is 76.8. The maximum absolute atomic E-state index is 2.29. The van der Waals surface area contributed by atoms with Crippen LogP contribution in [0, 0.1) is 0 Å². The Balaban J connectivity index is 1.76. The molecule has 1 saturated heterocycles. The van der Waals surface area contributed by atoms with E-state index in [4.69, 9.17) is 0 Å². The summed E-state index contributed by atoms with van der Waals surface area (Å²) in [6.45, 7) is 2.29. The van der Waals surface area contributed by atoms with Crippen molar-refractivity contribution in [3.05, 3.63) is 0 Å². The minimum absolute atomic E-state index is 0.586. The Morgan fingerprint density at radius 2 is 1.90 bits per heavy atom. The van der Waals surface area contributed by atoms with Gasteiger partial charge < -0.3 is 0 Å². The molecule has 0 amide bonds. The van der Waals surface area contributed by atoms with Crippen LogP contribution in [0.3, 0.4) is 0 Å². The lowest BCUT2D eigenvalue weighted by molar-refractivity contribution is 0.702. The molecule has 0 radical (unpaired) electrons. The third-order valence-electron chi connectivity index (χ3n) is 2.28. The molecule has 0 unspecified atom stereocenters. The molecule has 0 nitrogen and oxygen atoms in total. The van der Waals surface area contributed by atoms with Crippen LogP contribution in [0.1, 0.15) is 39.0 Å². The fourth-order valence-corrected chi connectivity index (χ4v) is 3.25. The first-order valence-corrected chi connectivity index (χ1v) is 6.55. The maximum atomic E-state index is 2.29. The summed E-state index contributed by atoms with van der Waals surface area (Å²) in [6.07, 6.45) is 12.2. The smallest absolute Gasteiger partial charge is 0.0323 e. The molecular weight excluding hydrogens is 139 g/mol. The number of hydrogen-bond donors (Lipinski definition) is 0. The molecule has 0 aromatic heterocycles. The molecule has 0 N–H and O–H groups in total. The summed E-state index contributed by atoms with van der Waals surface area (Å²) in [4.78, 5) is 0. The van der Waals surface area contributed by atoms with Gasteiger partial charge in [0.15, 0.2) is 0 Å². The van der Waals surface area contributed by atoms with Crippen LogP contribution in [0.5, 0.6) is 0 Å². The molecule has 1 heterocycles. The number of unbranched alkanes of at least 4 members (excludes halogenated alkanes) is 3. The third-order valence-corrected chi connectivity index (χ3v) is 5.12. The number of rotatable bonds is 5. The van der Waals surface area contributed by atoms with Gasteiger partial charge in [0.2, 0.25) is 0 Å². The van der Waals surface area contributed by atoms with Crippen LogP contribution in [-0.4, -0.2) is 18.5 Å². The minimum Gasteiger partial charge on any atom is -0.107 e. The van der Waals surface area contributed by atoms with Crippen LogP contribution in [0.2, 0.25) is 0 Å². The van der Waals surface area contributed by atoms with E-state index in [1.807, 2.05) is 0 Å². The molecule has 60 valence electrons. The molecule has 0 spiro atoms. The second-order valence-corrected chi connectivity index (χ2v) is 5.94. The summed E-state index contributed by atoms with van der Waals surface area (Å²) in [5.74, 6) is 0. The molecule has 0 aliphatic carbocycles. The predicted octanol–water partition coefficient (Wildman–Crippen LogP) is 3.45. The van der Waals surface area contributed by atoms with Crippen molar-refractivity contribution in [3.63, 3.8) is 0 Å². The van der Waals surface area contributed by atoms with Crippen LogP contribution in [0.4, 0.5) is 0 Å². The highest BCUT2D eigenvalue weighted by Crippen LogP contribution is 2.46. The van der Waals surface area contributed by atoms with E-state index in [0.717, 1.165) is 0 Å². The van der Waals surface area contributed by atoms with Crippen molar-refractivity contribution in [2.24, 2.45) is 0 Å². The van der Waals surface area contributed by atoms with Crippen molar-refractivity contribution in [1.82, 2.24) is 0 Å². The molecule has 10 heavy (non-hydrogen) atoms. The highest BCUT2D eigenvalue weighted by molar-refractivity contribution is 7.59. The molecular formula is C9H19P. The Morgan fingerprint density at radius 3 is 2.40 bits per heavy atom. The standard InChI is InChI=1S/C9H19P/c1-2-3-4-5-7-10-8-6-9-10/h2-9H2,1H3. The van der Waals surface area contributed by atoms with Crippen molar-refractivity contribution in [2.75, 3.05) is 18.5 Å². The van der Waals surface area contributed by atoms with E-state index in [0.29, 0.717) is 7.92 Å².